The van der Waals surface area contributed by atoms with Crippen molar-refractivity contribution in [1.29, 1.82) is 0 Å². The average molecular weight is 285 g/mol. The van der Waals surface area contributed by atoms with E-state index in [1.807, 2.05) is 18.2 Å². The molecule has 2 rings (SSSR count). The summed E-state index contributed by atoms with van der Waals surface area (Å²) < 4.78 is 10.7. The number of para-hydroxylation sites is 1. The van der Waals surface area contributed by atoms with E-state index in [9.17, 15) is 0 Å². The molecule has 2 aromatic carbocycles. The zero-order valence-electron chi connectivity index (χ0n) is 13.2. The molecule has 0 amide bonds. The van der Waals surface area contributed by atoms with Gasteiger partial charge in [-0.1, -0.05) is 25.1 Å². The summed E-state index contributed by atoms with van der Waals surface area (Å²) in [5.41, 5.74) is 4.94. The molecule has 2 aromatic rings. The monoisotopic (exact) mass is 285 g/mol. The van der Waals surface area contributed by atoms with Crippen molar-refractivity contribution in [2.45, 2.75) is 26.8 Å². The van der Waals surface area contributed by atoms with E-state index in [1.54, 1.807) is 14.2 Å². The lowest BCUT2D eigenvalue weighted by Crippen LogP contribution is -2.05. The molecule has 0 radical (unpaired) electrons. The summed E-state index contributed by atoms with van der Waals surface area (Å²) in [4.78, 5) is 0. The van der Waals surface area contributed by atoms with Gasteiger partial charge in [0.25, 0.3) is 0 Å². The summed E-state index contributed by atoms with van der Waals surface area (Å²) in [6, 6.07) is 12.3. The Morgan fingerprint density at radius 1 is 1.00 bits per heavy atom. The van der Waals surface area contributed by atoms with Crippen LogP contribution in [0, 0.1) is 6.92 Å². The van der Waals surface area contributed by atoms with E-state index in [-0.39, 0.29) is 0 Å². The summed E-state index contributed by atoms with van der Waals surface area (Å²) in [7, 11) is 3.34. The third-order valence-corrected chi connectivity index (χ3v) is 3.69. The van der Waals surface area contributed by atoms with Crippen molar-refractivity contribution in [2.75, 3.05) is 19.5 Å². The molecule has 0 aliphatic rings. The van der Waals surface area contributed by atoms with E-state index < -0.39 is 0 Å². The highest BCUT2D eigenvalue weighted by molar-refractivity contribution is 5.58. The second-order valence-electron chi connectivity index (χ2n) is 4.99. The zero-order valence-corrected chi connectivity index (χ0v) is 13.2. The highest BCUT2D eigenvalue weighted by Gasteiger charge is 2.07. The standard InChI is InChI=1S/C18H23NO2/c1-5-14-8-6-7-13(2)18(14)19-12-15-9-10-16(20-3)11-17(15)21-4/h6-11,19H,5,12H2,1-4H3. The summed E-state index contributed by atoms with van der Waals surface area (Å²) in [6.07, 6.45) is 1.02. The van der Waals surface area contributed by atoms with Gasteiger partial charge in [0.1, 0.15) is 11.5 Å². The molecule has 3 nitrogen and oxygen atoms in total. The highest BCUT2D eigenvalue weighted by Crippen LogP contribution is 2.27. The predicted octanol–water partition coefficient (Wildman–Crippen LogP) is 4.19. The molecule has 0 saturated carbocycles. The molecule has 0 saturated heterocycles. The Bertz CT molecular complexity index is 608. The predicted molar refractivity (Wildman–Crippen MR) is 87.4 cm³/mol. The van der Waals surface area contributed by atoms with Crippen molar-refractivity contribution >= 4 is 5.69 Å². The number of rotatable bonds is 6. The molecule has 21 heavy (non-hydrogen) atoms. The maximum Gasteiger partial charge on any atom is 0.127 e. The Morgan fingerprint density at radius 3 is 2.48 bits per heavy atom. The molecule has 0 aliphatic carbocycles. The van der Waals surface area contributed by atoms with Gasteiger partial charge >= 0.3 is 0 Å². The van der Waals surface area contributed by atoms with E-state index in [4.69, 9.17) is 9.47 Å². The maximum absolute atomic E-state index is 5.44. The maximum atomic E-state index is 5.44. The quantitative estimate of drug-likeness (QED) is 0.863. The first-order valence-electron chi connectivity index (χ1n) is 7.22. The first kappa shape index (κ1) is 15.2. The van der Waals surface area contributed by atoms with E-state index in [0.29, 0.717) is 0 Å². The number of ether oxygens (including phenoxy) is 2. The van der Waals surface area contributed by atoms with Gasteiger partial charge in [-0.05, 0) is 36.6 Å². The Morgan fingerprint density at radius 2 is 1.81 bits per heavy atom. The molecule has 0 aromatic heterocycles. The van der Waals surface area contributed by atoms with Crippen LogP contribution >= 0.6 is 0 Å². The Hall–Kier alpha value is -2.16. The second-order valence-corrected chi connectivity index (χ2v) is 4.99. The topological polar surface area (TPSA) is 30.5 Å². The van der Waals surface area contributed by atoms with Gasteiger partial charge in [0, 0.05) is 23.9 Å². The SMILES string of the molecule is CCc1cccc(C)c1NCc1ccc(OC)cc1OC. The van der Waals surface area contributed by atoms with Gasteiger partial charge in [-0.25, -0.2) is 0 Å². The molecule has 0 bridgehead atoms. The van der Waals surface area contributed by atoms with Crippen molar-refractivity contribution in [3.8, 4) is 11.5 Å². The molecule has 0 aliphatic heterocycles. The smallest absolute Gasteiger partial charge is 0.127 e. The van der Waals surface area contributed by atoms with Crippen molar-refractivity contribution in [1.82, 2.24) is 0 Å². The molecule has 0 unspecified atom stereocenters. The van der Waals surface area contributed by atoms with Crippen LogP contribution in [0.1, 0.15) is 23.6 Å². The Kier molecular flexibility index (Phi) is 5.09. The van der Waals surface area contributed by atoms with Crippen molar-refractivity contribution < 1.29 is 9.47 Å². The van der Waals surface area contributed by atoms with Crippen LogP contribution in [0.2, 0.25) is 0 Å². The summed E-state index contributed by atoms with van der Waals surface area (Å²) in [6.45, 7) is 5.03. The Balaban J connectivity index is 2.20. The molecule has 112 valence electrons. The lowest BCUT2D eigenvalue weighted by atomic mass is 10.1. The van der Waals surface area contributed by atoms with Crippen LogP contribution in [0.25, 0.3) is 0 Å². The molecule has 3 heteroatoms. The van der Waals surface area contributed by atoms with Crippen LogP contribution in [0.15, 0.2) is 36.4 Å². The third kappa shape index (κ3) is 3.48. The normalized spacial score (nSPS) is 10.3. The van der Waals surface area contributed by atoms with Gasteiger partial charge in [-0.15, -0.1) is 0 Å². The van der Waals surface area contributed by atoms with Gasteiger partial charge in [0.2, 0.25) is 0 Å². The van der Waals surface area contributed by atoms with E-state index in [2.05, 4.69) is 37.4 Å². The van der Waals surface area contributed by atoms with Crippen molar-refractivity contribution in [3.63, 3.8) is 0 Å². The van der Waals surface area contributed by atoms with Crippen LogP contribution < -0.4 is 14.8 Å². The largest absolute Gasteiger partial charge is 0.497 e. The molecule has 0 spiro atoms. The van der Waals surface area contributed by atoms with E-state index >= 15 is 0 Å². The summed E-state index contributed by atoms with van der Waals surface area (Å²) >= 11 is 0. The lowest BCUT2D eigenvalue weighted by Gasteiger charge is -2.16. The Labute approximate surface area is 126 Å². The zero-order chi connectivity index (χ0) is 15.2. The minimum atomic E-state index is 0.727. The fourth-order valence-corrected chi connectivity index (χ4v) is 2.46. The van der Waals surface area contributed by atoms with Crippen LogP contribution in [0.5, 0.6) is 11.5 Å². The highest BCUT2D eigenvalue weighted by atomic mass is 16.5. The van der Waals surface area contributed by atoms with Crippen LogP contribution in [0.4, 0.5) is 5.69 Å². The molecule has 0 fully saturated rings. The summed E-state index contributed by atoms with van der Waals surface area (Å²) in [5, 5.41) is 3.54. The molecule has 0 atom stereocenters. The van der Waals surface area contributed by atoms with Gasteiger partial charge in [0.15, 0.2) is 0 Å². The van der Waals surface area contributed by atoms with Gasteiger partial charge in [-0.3, -0.25) is 0 Å². The van der Waals surface area contributed by atoms with Crippen molar-refractivity contribution in [2.24, 2.45) is 0 Å². The number of hydrogen-bond donors (Lipinski definition) is 1. The van der Waals surface area contributed by atoms with Crippen LogP contribution in [-0.4, -0.2) is 14.2 Å². The second kappa shape index (κ2) is 7.02. The summed E-state index contributed by atoms with van der Waals surface area (Å²) in [5.74, 6) is 1.65. The lowest BCUT2D eigenvalue weighted by molar-refractivity contribution is 0.391. The number of aryl methyl sites for hydroxylation is 2. The minimum Gasteiger partial charge on any atom is -0.497 e. The van der Waals surface area contributed by atoms with E-state index in [0.717, 1.165) is 30.0 Å². The van der Waals surface area contributed by atoms with E-state index in [1.165, 1.54) is 16.8 Å². The number of anilines is 1. The fourth-order valence-electron chi connectivity index (χ4n) is 2.46. The molecular weight excluding hydrogens is 262 g/mol. The molecule has 0 heterocycles. The average Bonchev–Trinajstić information content (AvgIpc) is 2.53. The number of benzene rings is 2. The van der Waals surface area contributed by atoms with Gasteiger partial charge in [-0.2, -0.15) is 0 Å². The number of methoxy groups -OCH3 is 2. The fraction of sp³-hybridized carbons (Fsp3) is 0.333. The van der Waals surface area contributed by atoms with Crippen LogP contribution in [-0.2, 0) is 13.0 Å². The third-order valence-electron chi connectivity index (χ3n) is 3.69. The number of nitrogens with one attached hydrogen (secondary N) is 1. The van der Waals surface area contributed by atoms with Crippen molar-refractivity contribution in [3.05, 3.63) is 53.1 Å². The van der Waals surface area contributed by atoms with Gasteiger partial charge in [0.05, 0.1) is 14.2 Å². The number of hydrogen-bond acceptors (Lipinski definition) is 3. The first-order chi connectivity index (χ1) is 10.2. The molecular formula is C18H23NO2. The van der Waals surface area contributed by atoms with Gasteiger partial charge < -0.3 is 14.8 Å². The minimum absolute atomic E-state index is 0.727. The molecule has 1 N–H and O–H groups in total. The van der Waals surface area contributed by atoms with Crippen LogP contribution in [0.3, 0.4) is 0 Å². The first-order valence-corrected chi connectivity index (χ1v) is 7.22.